The Hall–Kier alpha value is -1.10. The highest BCUT2D eigenvalue weighted by Crippen LogP contribution is 2.64. The summed E-state index contributed by atoms with van der Waals surface area (Å²) in [7, 11) is 0. The first kappa shape index (κ1) is 15.9. The van der Waals surface area contributed by atoms with Crippen molar-refractivity contribution in [2.24, 2.45) is 5.92 Å². The first-order chi connectivity index (χ1) is 12.5. The van der Waals surface area contributed by atoms with Gasteiger partial charge in [-0.05, 0) is 69.0 Å². The fourth-order valence-corrected chi connectivity index (χ4v) is 6.98. The van der Waals surface area contributed by atoms with Gasteiger partial charge in [-0.15, -0.1) is 0 Å². The van der Waals surface area contributed by atoms with Crippen LogP contribution in [0.25, 0.3) is 0 Å². The Labute approximate surface area is 155 Å². The number of aliphatic hydroxyl groups is 2. The van der Waals surface area contributed by atoms with Crippen molar-refractivity contribution in [3.8, 4) is 5.75 Å². The number of aliphatic hydroxyl groups excluding tert-OH is 1. The highest BCUT2D eigenvalue weighted by atomic mass is 16.5. The molecule has 0 amide bonds. The molecule has 2 bridgehead atoms. The Morgan fingerprint density at radius 2 is 2.08 bits per heavy atom. The Morgan fingerprint density at radius 3 is 2.85 bits per heavy atom. The molecule has 140 valence electrons. The zero-order chi connectivity index (χ0) is 17.7. The largest absolute Gasteiger partial charge is 0.486 e. The quantitative estimate of drug-likeness (QED) is 0.855. The van der Waals surface area contributed by atoms with Crippen molar-refractivity contribution in [1.82, 2.24) is 4.90 Å². The highest BCUT2D eigenvalue weighted by Gasteiger charge is 2.72. The minimum absolute atomic E-state index is 0.164. The molecule has 5 atom stereocenters. The molecule has 6 rings (SSSR count). The van der Waals surface area contributed by atoms with Gasteiger partial charge in [0.15, 0.2) is 0 Å². The molecule has 4 heteroatoms. The zero-order valence-electron chi connectivity index (χ0n) is 15.6. The molecule has 0 radical (unpaired) electrons. The van der Waals surface area contributed by atoms with Crippen LogP contribution in [0.5, 0.6) is 5.75 Å². The summed E-state index contributed by atoms with van der Waals surface area (Å²) in [5, 5.41) is 23.0. The number of rotatable bonds is 2. The number of benzene rings is 1. The van der Waals surface area contributed by atoms with Crippen LogP contribution < -0.4 is 4.74 Å². The number of likely N-dealkylation sites (tertiary alicyclic amines) is 1. The summed E-state index contributed by atoms with van der Waals surface area (Å²) in [4.78, 5) is 2.59. The molecule has 26 heavy (non-hydrogen) atoms. The van der Waals surface area contributed by atoms with E-state index in [0.29, 0.717) is 12.8 Å². The zero-order valence-corrected chi connectivity index (χ0v) is 15.6. The van der Waals surface area contributed by atoms with Crippen molar-refractivity contribution in [3.63, 3.8) is 0 Å². The maximum absolute atomic E-state index is 12.2. The van der Waals surface area contributed by atoms with Crippen molar-refractivity contribution >= 4 is 0 Å². The molecule has 5 aliphatic rings. The lowest BCUT2D eigenvalue weighted by Gasteiger charge is -2.64. The third-order valence-corrected chi connectivity index (χ3v) is 8.48. The van der Waals surface area contributed by atoms with Crippen molar-refractivity contribution in [1.29, 1.82) is 0 Å². The Morgan fingerprint density at radius 1 is 1.23 bits per heavy atom. The molecule has 0 unspecified atom stereocenters. The molecule has 0 aromatic heterocycles. The molecular formula is C22H29NO3. The van der Waals surface area contributed by atoms with E-state index in [1.165, 1.54) is 30.4 Å². The van der Waals surface area contributed by atoms with E-state index in [-0.39, 0.29) is 12.1 Å². The number of ether oxygens (including phenoxy) is 1. The number of hydrogen-bond donors (Lipinski definition) is 2. The summed E-state index contributed by atoms with van der Waals surface area (Å²) in [6, 6.07) is 4.57. The van der Waals surface area contributed by atoms with Gasteiger partial charge in [-0.1, -0.05) is 18.6 Å². The van der Waals surface area contributed by atoms with Crippen LogP contribution in [0.4, 0.5) is 0 Å². The van der Waals surface area contributed by atoms with Crippen LogP contribution in [0.1, 0.15) is 55.2 Å². The Kier molecular flexibility index (Phi) is 3.08. The molecule has 4 nitrogen and oxygen atoms in total. The second-order valence-corrected chi connectivity index (χ2v) is 9.55. The molecule has 3 aliphatic carbocycles. The van der Waals surface area contributed by atoms with Crippen LogP contribution in [0.15, 0.2) is 12.1 Å². The normalized spacial score (nSPS) is 43.6. The number of aryl methyl sites for hydroxylation is 1. The topological polar surface area (TPSA) is 52.9 Å². The van der Waals surface area contributed by atoms with Gasteiger partial charge >= 0.3 is 0 Å². The molecule has 3 fully saturated rings. The molecule has 2 N–H and O–H groups in total. The SMILES string of the molecule is Cc1ccc2c3c1O[C@H]1[C@@H](O)CC[C@@]4(O)[C@@H](C2)N(CC2CCC2)CC[C@]314. The third kappa shape index (κ3) is 1.68. The standard InChI is InChI=1S/C22H29NO3/c1-13-5-6-15-11-17-22(25)8-7-16(24)20-21(22,18(15)19(13)26-20)9-10-23(17)12-14-3-2-4-14/h5-6,14,16-17,20,24-25H,2-4,7-12H2,1H3/t16-,17+,20-,21-,22+/m0/s1. The summed E-state index contributed by atoms with van der Waals surface area (Å²) < 4.78 is 6.41. The van der Waals surface area contributed by atoms with E-state index in [2.05, 4.69) is 24.0 Å². The van der Waals surface area contributed by atoms with Crippen LogP contribution in [0.2, 0.25) is 0 Å². The summed E-state index contributed by atoms with van der Waals surface area (Å²) in [5.41, 5.74) is 2.53. The Bertz CT molecular complexity index is 775. The molecule has 1 saturated heterocycles. The second-order valence-electron chi connectivity index (χ2n) is 9.55. The maximum Gasteiger partial charge on any atom is 0.137 e. The lowest BCUT2D eigenvalue weighted by atomic mass is 9.48. The lowest BCUT2D eigenvalue weighted by molar-refractivity contribution is -0.209. The van der Waals surface area contributed by atoms with E-state index in [9.17, 15) is 10.2 Å². The molecule has 1 aromatic rings. The average molecular weight is 355 g/mol. The smallest absolute Gasteiger partial charge is 0.137 e. The first-order valence-electron chi connectivity index (χ1n) is 10.5. The summed E-state index contributed by atoms with van der Waals surface area (Å²) in [6.45, 7) is 4.24. The van der Waals surface area contributed by atoms with Gasteiger partial charge in [0.05, 0.1) is 17.1 Å². The van der Waals surface area contributed by atoms with Crippen LogP contribution in [0.3, 0.4) is 0 Å². The van der Waals surface area contributed by atoms with Gasteiger partial charge in [-0.2, -0.15) is 0 Å². The fourth-order valence-electron chi connectivity index (χ4n) is 6.98. The van der Waals surface area contributed by atoms with E-state index < -0.39 is 17.1 Å². The van der Waals surface area contributed by atoms with E-state index in [4.69, 9.17) is 4.74 Å². The van der Waals surface area contributed by atoms with Crippen LogP contribution in [-0.2, 0) is 11.8 Å². The Balaban J connectivity index is 1.52. The molecule has 2 saturated carbocycles. The summed E-state index contributed by atoms with van der Waals surface area (Å²) in [6.07, 6.45) is 6.43. The molecule has 2 aliphatic heterocycles. The van der Waals surface area contributed by atoms with Crippen molar-refractivity contribution < 1.29 is 14.9 Å². The van der Waals surface area contributed by atoms with Gasteiger partial charge in [0, 0.05) is 18.2 Å². The number of nitrogens with zero attached hydrogens (tertiary/aromatic N) is 1. The fraction of sp³-hybridized carbons (Fsp3) is 0.727. The molecule has 1 aromatic carbocycles. The third-order valence-electron chi connectivity index (χ3n) is 8.48. The van der Waals surface area contributed by atoms with E-state index >= 15 is 0 Å². The van der Waals surface area contributed by atoms with Gasteiger partial charge in [0.2, 0.25) is 0 Å². The van der Waals surface area contributed by atoms with E-state index in [1.54, 1.807) is 0 Å². The second kappa shape index (κ2) is 5.03. The van der Waals surface area contributed by atoms with Crippen LogP contribution in [-0.4, -0.2) is 52.1 Å². The predicted molar refractivity (Wildman–Crippen MR) is 98.5 cm³/mol. The molecular weight excluding hydrogens is 326 g/mol. The predicted octanol–water partition coefficient (Wildman–Crippen LogP) is 2.31. The van der Waals surface area contributed by atoms with Gasteiger partial charge in [0.1, 0.15) is 11.9 Å². The van der Waals surface area contributed by atoms with Crippen LogP contribution in [0, 0.1) is 12.8 Å². The average Bonchev–Trinajstić information content (AvgIpc) is 2.93. The highest BCUT2D eigenvalue weighted by molar-refractivity contribution is 5.60. The van der Waals surface area contributed by atoms with Crippen molar-refractivity contribution in [2.75, 3.05) is 13.1 Å². The maximum atomic E-state index is 12.2. The number of piperidine rings is 1. The van der Waals surface area contributed by atoms with E-state index in [1.807, 2.05) is 0 Å². The monoisotopic (exact) mass is 355 g/mol. The van der Waals surface area contributed by atoms with Gasteiger partial charge in [-0.3, -0.25) is 4.90 Å². The summed E-state index contributed by atoms with van der Waals surface area (Å²) >= 11 is 0. The van der Waals surface area contributed by atoms with Gasteiger partial charge in [0.25, 0.3) is 0 Å². The first-order valence-corrected chi connectivity index (χ1v) is 10.5. The number of hydrogen-bond acceptors (Lipinski definition) is 4. The molecule has 1 spiro atoms. The summed E-state index contributed by atoms with van der Waals surface area (Å²) in [5.74, 6) is 1.77. The van der Waals surface area contributed by atoms with Gasteiger partial charge < -0.3 is 14.9 Å². The van der Waals surface area contributed by atoms with Gasteiger partial charge in [-0.25, -0.2) is 0 Å². The minimum Gasteiger partial charge on any atom is -0.486 e. The molecule has 2 heterocycles. The minimum atomic E-state index is -0.773. The van der Waals surface area contributed by atoms with Crippen LogP contribution >= 0.6 is 0 Å². The lowest BCUT2D eigenvalue weighted by Crippen LogP contribution is -2.77. The van der Waals surface area contributed by atoms with E-state index in [0.717, 1.165) is 43.2 Å². The van der Waals surface area contributed by atoms with Crippen molar-refractivity contribution in [2.45, 2.75) is 81.1 Å². The van der Waals surface area contributed by atoms with Crippen molar-refractivity contribution in [3.05, 3.63) is 28.8 Å².